The lowest BCUT2D eigenvalue weighted by Crippen LogP contribution is -1.98. The van der Waals surface area contributed by atoms with Gasteiger partial charge < -0.3 is 5.32 Å². The van der Waals surface area contributed by atoms with E-state index < -0.39 is 4.92 Å². The normalized spacial score (nSPS) is 10.2. The summed E-state index contributed by atoms with van der Waals surface area (Å²) in [5.74, 6) is 0. The summed E-state index contributed by atoms with van der Waals surface area (Å²) < 4.78 is 1.08. The van der Waals surface area contributed by atoms with Crippen LogP contribution in [0.5, 0.6) is 0 Å². The molecular formula is C11H9BrN2O2S. The SMILES string of the molecule is O=[N+]([O-])c1cccc(NCc2ccc(Br)s2)c1. The minimum absolute atomic E-state index is 0.0994. The van der Waals surface area contributed by atoms with Gasteiger partial charge in [-0.1, -0.05) is 6.07 Å². The number of anilines is 1. The van der Waals surface area contributed by atoms with Gasteiger partial charge in [-0.2, -0.15) is 0 Å². The molecule has 1 aromatic heterocycles. The van der Waals surface area contributed by atoms with E-state index in [4.69, 9.17) is 0 Å². The van der Waals surface area contributed by atoms with E-state index in [1.807, 2.05) is 18.2 Å². The van der Waals surface area contributed by atoms with Gasteiger partial charge in [0, 0.05) is 29.2 Å². The third-order valence-electron chi connectivity index (χ3n) is 2.15. The van der Waals surface area contributed by atoms with Crippen molar-refractivity contribution >= 4 is 38.6 Å². The van der Waals surface area contributed by atoms with Crippen LogP contribution in [0.15, 0.2) is 40.2 Å². The highest BCUT2D eigenvalue weighted by atomic mass is 79.9. The maximum Gasteiger partial charge on any atom is 0.271 e. The summed E-state index contributed by atoms with van der Waals surface area (Å²) in [5, 5.41) is 13.8. The van der Waals surface area contributed by atoms with Crippen LogP contribution in [-0.2, 0) is 6.54 Å². The van der Waals surface area contributed by atoms with Crippen LogP contribution in [0.4, 0.5) is 11.4 Å². The number of rotatable bonds is 4. The number of nitro benzene ring substituents is 1. The Morgan fingerprint density at radius 3 is 2.82 bits per heavy atom. The van der Waals surface area contributed by atoms with Crippen LogP contribution >= 0.6 is 27.3 Å². The fourth-order valence-corrected chi connectivity index (χ4v) is 2.79. The summed E-state index contributed by atoms with van der Waals surface area (Å²) in [4.78, 5) is 11.4. The highest BCUT2D eigenvalue weighted by Crippen LogP contribution is 2.23. The van der Waals surface area contributed by atoms with Gasteiger partial charge in [0.25, 0.3) is 5.69 Å². The van der Waals surface area contributed by atoms with Gasteiger partial charge in [-0.05, 0) is 34.1 Å². The van der Waals surface area contributed by atoms with Crippen molar-refractivity contribution in [1.82, 2.24) is 0 Å². The lowest BCUT2D eigenvalue weighted by atomic mass is 10.3. The first-order valence-electron chi connectivity index (χ1n) is 4.88. The number of non-ortho nitro benzene ring substituents is 1. The molecule has 1 heterocycles. The molecule has 2 rings (SSSR count). The monoisotopic (exact) mass is 312 g/mol. The Balaban J connectivity index is 2.04. The van der Waals surface area contributed by atoms with Gasteiger partial charge in [-0.3, -0.25) is 10.1 Å². The first-order valence-corrected chi connectivity index (χ1v) is 6.48. The third-order valence-corrected chi connectivity index (χ3v) is 3.78. The Hall–Kier alpha value is -1.40. The molecule has 0 unspecified atom stereocenters. The van der Waals surface area contributed by atoms with Gasteiger partial charge in [-0.25, -0.2) is 0 Å². The molecule has 0 atom stereocenters. The molecule has 88 valence electrons. The van der Waals surface area contributed by atoms with Crippen molar-refractivity contribution in [2.75, 3.05) is 5.32 Å². The second-order valence-electron chi connectivity index (χ2n) is 3.37. The fourth-order valence-electron chi connectivity index (χ4n) is 1.37. The first kappa shape index (κ1) is 12.1. The summed E-state index contributed by atoms with van der Waals surface area (Å²) >= 11 is 5.03. The molecule has 0 saturated heterocycles. The van der Waals surface area contributed by atoms with Crippen molar-refractivity contribution in [3.8, 4) is 0 Å². The molecule has 17 heavy (non-hydrogen) atoms. The lowest BCUT2D eigenvalue weighted by molar-refractivity contribution is -0.384. The van der Waals surface area contributed by atoms with Crippen LogP contribution in [0, 0.1) is 10.1 Å². The molecule has 6 heteroatoms. The van der Waals surface area contributed by atoms with Crippen molar-refractivity contribution in [3.05, 3.63) is 55.2 Å². The molecule has 0 bridgehead atoms. The number of hydrogen-bond donors (Lipinski definition) is 1. The van der Waals surface area contributed by atoms with E-state index in [-0.39, 0.29) is 5.69 Å². The second kappa shape index (κ2) is 5.29. The number of benzene rings is 1. The number of nitrogens with one attached hydrogen (secondary N) is 1. The van der Waals surface area contributed by atoms with E-state index in [0.29, 0.717) is 6.54 Å². The molecule has 1 aromatic carbocycles. The highest BCUT2D eigenvalue weighted by Gasteiger charge is 2.05. The third kappa shape index (κ3) is 3.28. The standard InChI is InChI=1S/C11H9BrN2O2S/c12-11-5-4-10(17-11)7-13-8-2-1-3-9(6-8)14(15)16/h1-6,13H,7H2. The van der Waals surface area contributed by atoms with Crippen LogP contribution in [0.3, 0.4) is 0 Å². The summed E-state index contributed by atoms with van der Waals surface area (Å²) in [6.07, 6.45) is 0. The Labute approximate surface area is 111 Å². The zero-order valence-corrected chi connectivity index (χ0v) is 11.1. The van der Waals surface area contributed by atoms with Crippen LogP contribution in [-0.4, -0.2) is 4.92 Å². The minimum atomic E-state index is -0.396. The van der Waals surface area contributed by atoms with E-state index in [1.165, 1.54) is 17.0 Å². The minimum Gasteiger partial charge on any atom is -0.380 e. The molecule has 0 saturated carbocycles. The molecule has 2 aromatic rings. The second-order valence-corrected chi connectivity index (χ2v) is 5.91. The molecule has 0 spiro atoms. The van der Waals surface area contributed by atoms with E-state index in [2.05, 4.69) is 21.2 Å². The van der Waals surface area contributed by atoms with Gasteiger partial charge in [-0.15, -0.1) is 11.3 Å². The summed E-state index contributed by atoms with van der Waals surface area (Å²) in [7, 11) is 0. The lowest BCUT2D eigenvalue weighted by Gasteiger charge is -2.03. The Morgan fingerprint density at radius 2 is 2.18 bits per heavy atom. The van der Waals surface area contributed by atoms with Crippen molar-refractivity contribution < 1.29 is 4.92 Å². The van der Waals surface area contributed by atoms with Crippen LogP contribution in [0.2, 0.25) is 0 Å². The van der Waals surface area contributed by atoms with Crippen LogP contribution in [0.25, 0.3) is 0 Å². The summed E-state index contributed by atoms with van der Waals surface area (Å²) in [6, 6.07) is 10.5. The number of thiophene rings is 1. The summed E-state index contributed by atoms with van der Waals surface area (Å²) in [6.45, 7) is 0.664. The predicted octanol–water partition coefficient (Wildman–Crippen LogP) is 4.03. The predicted molar refractivity (Wildman–Crippen MR) is 72.4 cm³/mol. The van der Waals surface area contributed by atoms with Crippen molar-refractivity contribution in [2.45, 2.75) is 6.54 Å². The Bertz CT molecular complexity index is 542. The van der Waals surface area contributed by atoms with Crippen LogP contribution < -0.4 is 5.32 Å². The molecule has 0 aliphatic carbocycles. The van der Waals surface area contributed by atoms with Gasteiger partial charge in [0.2, 0.25) is 0 Å². The molecule has 4 nitrogen and oxygen atoms in total. The fraction of sp³-hybridized carbons (Fsp3) is 0.0909. The largest absolute Gasteiger partial charge is 0.380 e. The molecule has 0 aliphatic rings. The van der Waals surface area contributed by atoms with Gasteiger partial charge >= 0.3 is 0 Å². The molecule has 1 N–H and O–H groups in total. The average molecular weight is 313 g/mol. The van der Waals surface area contributed by atoms with Gasteiger partial charge in [0.1, 0.15) is 0 Å². The van der Waals surface area contributed by atoms with Crippen LogP contribution in [0.1, 0.15) is 4.88 Å². The Morgan fingerprint density at radius 1 is 1.35 bits per heavy atom. The topological polar surface area (TPSA) is 55.2 Å². The number of hydrogen-bond acceptors (Lipinski definition) is 4. The average Bonchev–Trinajstić information content (AvgIpc) is 2.73. The zero-order valence-electron chi connectivity index (χ0n) is 8.72. The Kier molecular flexibility index (Phi) is 3.75. The van der Waals surface area contributed by atoms with E-state index in [0.717, 1.165) is 9.47 Å². The maximum absolute atomic E-state index is 10.6. The quantitative estimate of drug-likeness (QED) is 0.685. The zero-order chi connectivity index (χ0) is 12.3. The number of nitro groups is 1. The van der Waals surface area contributed by atoms with E-state index in [1.54, 1.807) is 17.4 Å². The van der Waals surface area contributed by atoms with E-state index in [9.17, 15) is 10.1 Å². The molecule has 0 fully saturated rings. The first-order chi connectivity index (χ1) is 8.15. The van der Waals surface area contributed by atoms with Crippen molar-refractivity contribution in [2.24, 2.45) is 0 Å². The number of nitrogens with zero attached hydrogens (tertiary/aromatic N) is 1. The molecular weight excluding hydrogens is 304 g/mol. The van der Waals surface area contributed by atoms with Crippen molar-refractivity contribution in [3.63, 3.8) is 0 Å². The molecule has 0 aliphatic heterocycles. The van der Waals surface area contributed by atoms with Gasteiger partial charge in [0.05, 0.1) is 8.71 Å². The van der Waals surface area contributed by atoms with Crippen molar-refractivity contribution in [1.29, 1.82) is 0 Å². The van der Waals surface area contributed by atoms with Gasteiger partial charge in [0.15, 0.2) is 0 Å². The summed E-state index contributed by atoms with van der Waals surface area (Å²) in [5.41, 5.74) is 0.853. The van der Waals surface area contributed by atoms with E-state index >= 15 is 0 Å². The molecule has 0 amide bonds. The highest BCUT2D eigenvalue weighted by molar-refractivity contribution is 9.11. The smallest absolute Gasteiger partial charge is 0.271 e. The number of halogens is 1. The maximum atomic E-state index is 10.6. The molecule has 0 radical (unpaired) electrons.